The van der Waals surface area contributed by atoms with Gasteiger partial charge < -0.3 is 20.1 Å². The number of ether oxygens (including phenoxy) is 2. The van der Waals surface area contributed by atoms with Crippen molar-refractivity contribution in [2.24, 2.45) is 5.73 Å². The first-order valence-corrected chi connectivity index (χ1v) is 9.19. The molecule has 0 saturated carbocycles. The molecular weight excluding hydrogens is 356 g/mol. The van der Waals surface area contributed by atoms with E-state index < -0.39 is 12.2 Å². The summed E-state index contributed by atoms with van der Waals surface area (Å²) >= 11 is 0. The Labute approximate surface area is 164 Å². The van der Waals surface area contributed by atoms with Gasteiger partial charge in [-0.2, -0.15) is 0 Å². The monoisotopic (exact) mass is 380 g/mol. The van der Waals surface area contributed by atoms with Crippen LogP contribution in [0, 0.1) is 6.92 Å². The molecule has 0 saturated heterocycles. The lowest BCUT2D eigenvalue weighted by atomic mass is 10.0. The van der Waals surface area contributed by atoms with Crippen LogP contribution < -0.4 is 15.4 Å². The van der Waals surface area contributed by atoms with E-state index in [1.807, 2.05) is 37.3 Å². The minimum atomic E-state index is -0.786. The van der Waals surface area contributed by atoms with Crippen LogP contribution in [-0.2, 0) is 22.4 Å². The zero-order valence-electron chi connectivity index (χ0n) is 15.9. The molecule has 0 bridgehead atoms. The van der Waals surface area contributed by atoms with Crippen LogP contribution in [-0.4, -0.2) is 31.3 Å². The predicted octanol–water partition coefficient (Wildman–Crippen LogP) is 3.16. The number of fused-ring (bicyclic) bond motifs is 1. The van der Waals surface area contributed by atoms with E-state index in [-0.39, 0.29) is 12.5 Å². The Morgan fingerprint density at radius 3 is 2.82 bits per heavy atom. The van der Waals surface area contributed by atoms with Gasteiger partial charge in [0.1, 0.15) is 12.4 Å². The minimum Gasteiger partial charge on any atom is -0.430 e. The van der Waals surface area contributed by atoms with Crippen molar-refractivity contribution in [1.29, 1.82) is 0 Å². The fourth-order valence-electron chi connectivity index (χ4n) is 3.31. The van der Waals surface area contributed by atoms with E-state index in [9.17, 15) is 9.59 Å². The molecule has 2 aromatic rings. The molecule has 1 aliphatic heterocycles. The van der Waals surface area contributed by atoms with Crippen molar-refractivity contribution < 1.29 is 19.1 Å². The highest BCUT2D eigenvalue weighted by atomic mass is 16.7. The lowest BCUT2D eigenvalue weighted by molar-refractivity contribution is -0.119. The standard InChI is InChI=1S/C22H24N2O4/c1-3-12-27-22(26)28-18-9-8-17(15(2)13-18)14-19(23)21(25)24-11-10-16-6-4-5-7-20(16)24/h3-9,13,19H,1,10-12,14,23H2,2H3/t19-/m1/s1. The van der Waals surface area contributed by atoms with Gasteiger partial charge in [-0.3, -0.25) is 4.79 Å². The summed E-state index contributed by atoms with van der Waals surface area (Å²) in [5, 5.41) is 0. The summed E-state index contributed by atoms with van der Waals surface area (Å²) in [6.07, 6.45) is 1.94. The molecule has 2 aromatic carbocycles. The maximum atomic E-state index is 12.8. The molecule has 146 valence electrons. The molecule has 2 N–H and O–H groups in total. The fraction of sp³-hybridized carbons (Fsp3) is 0.273. The van der Waals surface area contributed by atoms with Crippen LogP contribution in [0.15, 0.2) is 55.1 Å². The second-order valence-corrected chi connectivity index (χ2v) is 6.72. The first kappa shape index (κ1) is 19.6. The van der Waals surface area contributed by atoms with Crippen molar-refractivity contribution >= 4 is 17.7 Å². The number of hydrogen-bond acceptors (Lipinski definition) is 5. The summed E-state index contributed by atoms with van der Waals surface area (Å²) in [7, 11) is 0. The van der Waals surface area contributed by atoms with E-state index >= 15 is 0 Å². The van der Waals surface area contributed by atoms with Crippen LogP contribution in [0.2, 0.25) is 0 Å². The SMILES string of the molecule is C=CCOC(=O)Oc1ccc(C[C@@H](N)C(=O)N2CCc3ccccc32)c(C)c1. The van der Waals surface area contributed by atoms with Gasteiger partial charge in [0.15, 0.2) is 0 Å². The number of rotatable bonds is 6. The zero-order chi connectivity index (χ0) is 20.1. The summed E-state index contributed by atoms with van der Waals surface area (Å²) in [4.78, 5) is 26.1. The van der Waals surface area contributed by atoms with Gasteiger partial charge in [-0.15, -0.1) is 0 Å². The van der Waals surface area contributed by atoms with E-state index in [4.69, 9.17) is 15.2 Å². The normalized spacial score (nSPS) is 13.6. The maximum absolute atomic E-state index is 12.8. The largest absolute Gasteiger partial charge is 0.514 e. The predicted molar refractivity (Wildman–Crippen MR) is 108 cm³/mol. The number of carbonyl (C=O) groups excluding carboxylic acids is 2. The van der Waals surface area contributed by atoms with Gasteiger partial charge in [-0.25, -0.2) is 4.79 Å². The van der Waals surface area contributed by atoms with Crippen LogP contribution in [0.1, 0.15) is 16.7 Å². The van der Waals surface area contributed by atoms with Gasteiger partial charge in [0.25, 0.3) is 0 Å². The summed E-state index contributed by atoms with van der Waals surface area (Å²) in [5.41, 5.74) is 10.2. The summed E-state index contributed by atoms with van der Waals surface area (Å²) in [6, 6.07) is 12.5. The molecule has 6 heteroatoms. The molecular formula is C22H24N2O4. The minimum absolute atomic E-state index is 0.0855. The van der Waals surface area contributed by atoms with Crippen molar-refractivity contribution in [3.63, 3.8) is 0 Å². The zero-order valence-corrected chi connectivity index (χ0v) is 15.9. The maximum Gasteiger partial charge on any atom is 0.514 e. The second-order valence-electron chi connectivity index (χ2n) is 6.72. The van der Waals surface area contributed by atoms with Crippen molar-refractivity contribution in [2.45, 2.75) is 25.8 Å². The fourth-order valence-corrected chi connectivity index (χ4v) is 3.31. The van der Waals surface area contributed by atoms with Gasteiger partial charge in [-0.05, 0) is 54.7 Å². The van der Waals surface area contributed by atoms with Gasteiger partial charge >= 0.3 is 6.16 Å². The Hall–Kier alpha value is -3.12. The lowest BCUT2D eigenvalue weighted by Gasteiger charge is -2.22. The number of para-hydroxylation sites is 1. The number of nitrogens with zero attached hydrogens (tertiary/aromatic N) is 1. The average Bonchev–Trinajstić information content (AvgIpc) is 3.12. The Kier molecular flexibility index (Phi) is 6.11. The van der Waals surface area contributed by atoms with E-state index in [0.29, 0.717) is 18.7 Å². The topological polar surface area (TPSA) is 81.9 Å². The average molecular weight is 380 g/mol. The highest BCUT2D eigenvalue weighted by Gasteiger charge is 2.28. The molecule has 1 aliphatic rings. The van der Waals surface area contributed by atoms with Crippen LogP contribution in [0.4, 0.5) is 10.5 Å². The van der Waals surface area contributed by atoms with Gasteiger partial charge in [-0.1, -0.05) is 36.9 Å². The molecule has 0 aromatic heterocycles. The van der Waals surface area contributed by atoms with Crippen molar-refractivity contribution in [3.8, 4) is 5.75 Å². The first-order chi connectivity index (χ1) is 13.5. The number of amides is 1. The van der Waals surface area contributed by atoms with Crippen molar-refractivity contribution in [1.82, 2.24) is 0 Å². The number of benzene rings is 2. The van der Waals surface area contributed by atoms with E-state index in [1.54, 1.807) is 17.0 Å². The molecule has 6 nitrogen and oxygen atoms in total. The number of carbonyl (C=O) groups is 2. The Bertz CT molecular complexity index is 894. The van der Waals surface area contributed by atoms with E-state index in [2.05, 4.69) is 6.58 Å². The van der Waals surface area contributed by atoms with Crippen LogP contribution >= 0.6 is 0 Å². The molecule has 3 rings (SSSR count). The van der Waals surface area contributed by atoms with Crippen molar-refractivity contribution in [2.75, 3.05) is 18.1 Å². The number of anilines is 1. The Morgan fingerprint density at radius 2 is 2.07 bits per heavy atom. The second kappa shape index (κ2) is 8.71. The highest BCUT2D eigenvalue weighted by molar-refractivity contribution is 5.99. The van der Waals surface area contributed by atoms with Crippen molar-refractivity contribution in [3.05, 3.63) is 71.8 Å². The molecule has 28 heavy (non-hydrogen) atoms. The third-order valence-corrected chi connectivity index (χ3v) is 4.74. The number of nitrogens with two attached hydrogens (primary N) is 1. The molecule has 0 fully saturated rings. The third-order valence-electron chi connectivity index (χ3n) is 4.74. The molecule has 0 unspecified atom stereocenters. The third kappa shape index (κ3) is 4.40. The highest BCUT2D eigenvalue weighted by Crippen LogP contribution is 2.28. The molecule has 1 amide bonds. The van der Waals surface area contributed by atoms with Gasteiger partial charge in [0.2, 0.25) is 5.91 Å². The van der Waals surface area contributed by atoms with Gasteiger partial charge in [0.05, 0.1) is 6.04 Å². The van der Waals surface area contributed by atoms with Gasteiger partial charge in [0, 0.05) is 12.2 Å². The molecule has 1 atom stereocenters. The van der Waals surface area contributed by atoms with E-state index in [1.165, 1.54) is 11.6 Å². The number of aryl methyl sites for hydroxylation is 1. The molecule has 0 radical (unpaired) electrons. The first-order valence-electron chi connectivity index (χ1n) is 9.19. The lowest BCUT2D eigenvalue weighted by Crippen LogP contribution is -2.44. The summed E-state index contributed by atoms with van der Waals surface area (Å²) < 4.78 is 9.91. The molecule has 0 spiro atoms. The summed E-state index contributed by atoms with van der Waals surface area (Å²) in [5.74, 6) is 0.293. The molecule has 1 heterocycles. The van der Waals surface area contributed by atoms with Crippen LogP contribution in [0.5, 0.6) is 5.75 Å². The Balaban J connectivity index is 1.64. The summed E-state index contributed by atoms with van der Waals surface area (Å²) in [6.45, 7) is 6.11. The smallest absolute Gasteiger partial charge is 0.430 e. The Morgan fingerprint density at radius 1 is 1.29 bits per heavy atom. The quantitative estimate of drug-likeness (QED) is 0.473. The van der Waals surface area contributed by atoms with Crippen LogP contribution in [0.3, 0.4) is 0 Å². The molecule has 0 aliphatic carbocycles. The number of hydrogen-bond donors (Lipinski definition) is 1. The van der Waals surface area contributed by atoms with E-state index in [0.717, 1.165) is 23.2 Å². The van der Waals surface area contributed by atoms with Crippen LogP contribution in [0.25, 0.3) is 0 Å².